The van der Waals surface area contributed by atoms with Crippen molar-refractivity contribution >= 4 is 18.5 Å². The third kappa shape index (κ3) is 12.3. The number of benzene rings is 1. The van der Waals surface area contributed by atoms with Crippen molar-refractivity contribution in [1.29, 1.82) is 0 Å². The molecule has 0 spiro atoms. The van der Waals surface area contributed by atoms with Crippen molar-refractivity contribution in [3.8, 4) is 0 Å². The van der Waals surface area contributed by atoms with Gasteiger partial charge in [-0.25, -0.2) is 0 Å². The molecule has 1 rings (SSSR count). The highest BCUT2D eigenvalue weighted by atomic mass is 35.6. The number of aryl methyl sites for hydroxylation is 1. The molecule has 126 valence electrons. The van der Waals surface area contributed by atoms with E-state index in [1.54, 1.807) is 0 Å². The Bertz CT molecular complexity index is 356. The van der Waals surface area contributed by atoms with Crippen molar-refractivity contribution in [1.82, 2.24) is 0 Å². The molecular formula is C20H35ClSi. The van der Waals surface area contributed by atoms with E-state index in [0.717, 1.165) is 0 Å². The summed E-state index contributed by atoms with van der Waals surface area (Å²) in [7, 11) is -1.30. The highest BCUT2D eigenvalue weighted by Crippen LogP contribution is 2.19. The van der Waals surface area contributed by atoms with Gasteiger partial charge >= 0.3 is 0 Å². The highest BCUT2D eigenvalue weighted by Gasteiger charge is 2.15. The topological polar surface area (TPSA) is 0 Å². The van der Waals surface area contributed by atoms with Crippen LogP contribution < -0.4 is 0 Å². The average Bonchev–Trinajstić information content (AvgIpc) is 2.48. The van der Waals surface area contributed by atoms with Crippen molar-refractivity contribution in [3.63, 3.8) is 0 Å². The molecule has 0 saturated carbocycles. The van der Waals surface area contributed by atoms with Crippen LogP contribution in [0.3, 0.4) is 0 Å². The maximum atomic E-state index is 6.33. The van der Waals surface area contributed by atoms with Crippen LogP contribution in [0.15, 0.2) is 30.3 Å². The monoisotopic (exact) mass is 338 g/mol. The molecule has 1 aromatic rings. The van der Waals surface area contributed by atoms with Gasteiger partial charge in [0.15, 0.2) is 0 Å². The zero-order valence-corrected chi connectivity index (χ0v) is 16.5. The summed E-state index contributed by atoms with van der Waals surface area (Å²) in [5.41, 5.74) is 1.49. The Morgan fingerprint density at radius 3 is 1.64 bits per heavy atom. The molecule has 1 aromatic carbocycles. The molecule has 0 radical (unpaired) electrons. The first-order valence-electron chi connectivity index (χ1n) is 9.31. The Labute approximate surface area is 144 Å². The van der Waals surface area contributed by atoms with Crippen molar-refractivity contribution < 1.29 is 0 Å². The summed E-state index contributed by atoms with van der Waals surface area (Å²) >= 11 is 6.33. The number of unbranched alkanes of at least 4 members (excludes halogenated alkanes) is 9. The first-order valence-corrected chi connectivity index (χ1v) is 13.5. The minimum atomic E-state index is -1.30. The summed E-state index contributed by atoms with van der Waals surface area (Å²) in [6.45, 7) is 4.51. The maximum Gasteiger partial charge on any atom is 0.150 e. The van der Waals surface area contributed by atoms with Crippen LogP contribution in [0.4, 0.5) is 0 Å². The minimum absolute atomic E-state index is 1.25. The predicted octanol–water partition coefficient (Wildman–Crippen LogP) is 7.57. The van der Waals surface area contributed by atoms with Crippen LogP contribution in [0.2, 0.25) is 19.1 Å². The lowest BCUT2D eigenvalue weighted by molar-refractivity contribution is 0.556. The molecule has 0 saturated heterocycles. The van der Waals surface area contributed by atoms with Gasteiger partial charge in [-0.15, -0.1) is 0 Å². The van der Waals surface area contributed by atoms with E-state index in [9.17, 15) is 0 Å². The van der Waals surface area contributed by atoms with Gasteiger partial charge in [0.1, 0.15) is 7.38 Å². The summed E-state index contributed by atoms with van der Waals surface area (Å²) in [5, 5.41) is 0. The fourth-order valence-electron chi connectivity index (χ4n) is 2.93. The second-order valence-corrected chi connectivity index (χ2v) is 14.2. The Morgan fingerprint density at radius 2 is 1.14 bits per heavy atom. The molecule has 0 atom stereocenters. The third-order valence-corrected chi connectivity index (χ3v) is 6.44. The van der Waals surface area contributed by atoms with Gasteiger partial charge in [0.2, 0.25) is 0 Å². The molecule has 22 heavy (non-hydrogen) atoms. The number of hydrogen-bond acceptors (Lipinski definition) is 0. The van der Waals surface area contributed by atoms with E-state index >= 15 is 0 Å². The summed E-state index contributed by atoms with van der Waals surface area (Å²) in [5.74, 6) is 0. The van der Waals surface area contributed by atoms with Crippen LogP contribution in [-0.4, -0.2) is 7.38 Å². The molecule has 0 unspecified atom stereocenters. The van der Waals surface area contributed by atoms with Crippen LogP contribution >= 0.6 is 11.1 Å². The zero-order valence-electron chi connectivity index (χ0n) is 14.7. The molecular weight excluding hydrogens is 304 g/mol. The molecule has 0 aliphatic heterocycles. The molecule has 0 amide bonds. The van der Waals surface area contributed by atoms with Crippen LogP contribution in [-0.2, 0) is 6.42 Å². The molecule has 2 heteroatoms. The molecule has 0 aliphatic carbocycles. The summed E-state index contributed by atoms with van der Waals surface area (Å²) < 4.78 is 0. The number of halogens is 1. The minimum Gasteiger partial charge on any atom is -0.168 e. The van der Waals surface area contributed by atoms with Crippen molar-refractivity contribution in [3.05, 3.63) is 35.9 Å². The third-order valence-electron chi connectivity index (χ3n) is 4.33. The van der Waals surface area contributed by atoms with Gasteiger partial charge in [-0.05, 0) is 24.4 Å². The van der Waals surface area contributed by atoms with Crippen LogP contribution in [0.25, 0.3) is 0 Å². The van der Waals surface area contributed by atoms with Crippen LogP contribution in [0, 0.1) is 0 Å². The van der Waals surface area contributed by atoms with E-state index in [4.69, 9.17) is 11.1 Å². The Hall–Kier alpha value is -0.273. The predicted molar refractivity (Wildman–Crippen MR) is 104 cm³/mol. The molecule has 0 bridgehead atoms. The van der Waals surface area contributed by atoms with Gasteiger partial charge in [-0.2, -0.15) is 11.1 Å². The Morgan fingerprint density at radius 1 is 0.682 bits per heavy atom. The first-order chi connectivity index (χ1) is 10.6. The smallest absolute Gasteiger partial charge is 0.150 e. The first kappa shape index (κ1) is 19.8. The largest absolute Gasteiger partial charge is 0.168 e. The van der Waals surface area contributed by atoms with E-state index in [-0.39, 0.29) is 0 Å². The lowest BCUT2D eigenvalue weighted by Crippen LogP contribution is -2.14. The highest BCUT2D eigenvalue weighted by molar-refractivity contribution is 7.19. The van der Waals surface area contributed by atoms with Gasteiger partial charge in [0, 0.05) is 0 Å². The summed E-state index contributed by atoms with van der Waals surface area (Å²) in [6.07, 6.45) is 15.3. The SMILES string of the molecule is C[Si](C)(Cl)CCCCCCCCCCCCc1ccccc1. The summed E-state index contributed by atoms with van der Waals surface area (Å²) in [6, 6.07) is 12.2. The van der Waals surface area contributed by atoms with Gasteiger partial charge in [-0.1, -0.05) is 101 Å². The van der Waals surface area contributed by atoms with Gasteiger partial charge < -0.3 is 0 Å². The number of rotatable bonds is 13. The van der Waals surface area contributed by atoms with Crippen molar-refractivity contribution in [2.75, 3.05) is 0 Å². The molecule has 0 aromatic heterocycles. The second kappa shape index (κ2) is 12.2. The second-order valence-electron chi connectivity index (χ2n) is 7.24. The van der Waals surface area contributed by atoms with Gasteiger partial charge in [-0.3, -0.25) is 0 Å². The van der Waals surface area contributed by atoms with Crippen molar-refractivity contribution in [2.24, 2.45) is 0 Å². The van der Waals surface area contributed by atoms with E-state index < -0.39 is 7.38 Å². The van der Waals surface area contributed by atoms with E-state index in [1.165, 1.54) is 82.2 Å². The quantitative estimate of drug-likeness (QED) is 0.197. The fraction of sp³-hybridized carbons (Fsp3) is 0.700. The van der Waals surface area contributed by atoms with E-state index in [2.05, 4.69) is 43.4 Å². The van der Waals surface area contributed by atoms with E-state index in [1.807, 2.05) is 0 Å². The molecule has 0 heterocycles. The lowest BCUT2D eigenvalue weighted by Gasteiger charge is -2.11. The van der Waals surface area contributed by atoms with Crippen LogP contribution in [0.5, 0.6) is 0 Å². The van der Waals surface area contributed by atoms with Gasteiger partial charge in [0.05, 0.1) is 0 Å². The standard InChI is InChI=1S/C20H35ClSi/c1-22(2,21)19-15-10-8-6-4-3-5-7-9-12-16-20-17-13-11-14-18-20/h11,13-14,17-18H,3-10,12,15-16,19H2,1-2H3. The summed E-state index contributed by atoms with van der Waals surface area (Å²) in [4.78, 5) is 0. The Kier molecular flexibility index (Phi) is 11.0. The zero-order chi connectivity index (χ0) is 16.1. The molecule has 0 N–H and O–H groups in total. The molecule has 0 nitrogen and oxygen atoms in total. The maximum absolute atomic E-state index is 6.33. The normalized spacial score (nSPS) is 11.8. The van der Waals surface area contributed by atoms with Crippen LogP contribution in [0.1, 0.15) is 69.8 Å². The average molecular weight is 339 g/mol. The molecule has 0 fully saturated rings. The Balaban J connectivity index is 1.78. The lowest BCUT2D eigenvalue weighted by atomic mass is 10.0. The molecule has 0 aliphatic rings. The van der Waals surface area contributed by atoms with Gasteiger partial charge in [0.25, 0.3) is 0 Å². The van der Waals surface area contributed by atoms with E-state index in [0.29, 0.717) is 0 Å². The number of hydrogen-bond donors (Lipinski definition) is 0. The fourth-order valence-corrected chi connectivity index (χ4v) is 4.43. The van der Waals surface area contributed by atoms with Crippen molar-refractivity contribution in [2.45, 2.75) is 89.8 Å².